The summed E-state index contributed by atoms with van der Waals surface area (Å²) in [6.45, 7) is 1.81. The first-order valence-electron chi connectivity index (χ1n) is 2.50. The second-order valence-electron chi connectivity index (χ2n) is 1.52. The summed E-state index contributed by atoms with van der Waals surface area (Å²) in [5.74, 6) is 0. The average molecular weight is 140 g/mol. The molecule has 0 fully saturated rings. The van der Waals surface area contributed by atoms with Gasteiger partial charge >= 0.3 is 0 Å². The quantitative estimate of drug-likeness (QED) is 0.353. The van der Waals surface area contributed by atoms with E-state index >= 15 is 0 Å². The Bertz CT molecular complexity index is 176. The molecule has 0 saturated carbocycles. The molecule has 3 heteroatoms. The second kappa shape index (κ2) is 4.04. The van der Waals surface area contributed by atoms with Crippen LogP contribution in [0.4, 0.5) is 0 Å². The zero-order valence-electron chi connectivity index (χ0n) is 5.43. The topological polar surface area (TPSA) is 35.8 Å². The lowest BCUT2D eigenvalue weighted by Crippen LogP contribution is -2.04. The van der Waals surface area contributed by atoms with Crippen LogP contribution in [0.25, 0.3) is 0 Å². The van der Waals surface area contributed by atoms with Gasteiger partial charge in [-0.05, 0) is 6.92 Å². The molecule has 1 N–H and O–H groups in total. The molecule has 0 aliphatic carbocycles. The first kappa shape index (κ1) is 8.12. The Morgan fingerprint density at radius 3 is 2.44 bits per heavy atom. The van der Waals surface area contributed by atoms with Crippen LogP contribution >= 0.6 is 12.2 Å². The maximum atomic E-state index is 8.38. The number of nitrogens with zero attached hydrogens (tertiary/aromatic N) is 1. The summed E-state index contributed by atoms with van der Waals surface area (Å²) in [4.78, 5) is 0. The van der Waals surface area contributed by atoms with E-state index in [1.165, 1.54) is 5.37 Å². The Morgan fingerprint density at radius 1 is 1.78 bits per heavy atom. The van der Waals surface area contributed by atoms with E-state index in [4.69, 9.17) is 5.26 Å². The highest BCUT2D eigenvalue weighted by Crippen LogP contribution is 1.94. The fourth-order valence-corrected chi connectivity index (χ4v) is 0.563. The van der Waals surface area contributed by atoms with Gasteiger partial charge in [0.2, 0.25) is 0 Å². The summed E-state index contributed by atoms with van der Waals surface area (Å²) >= 11 is 4.57. The highest BCUT2D eigenvalue weighted by Gasteiger charge is 1.92. The van der Waals surface area contributed by atoms with Gasteiger partial charge in [-0.3, -0.25) is 0 Å². The third-order valence-electron chi connectivity index (χ3n) is 1.02. The molecule has 0 aromatic rings. The van der Waals surface area contributed by atoms with Gasteiger partial charge in [0.1, 0.15) is 6.07 Å². The largest absolute Gasteiger partial charge is 0.391 e. The van der Waals surface area contributed by atoms with E-state index in [0.717, 1.165) is 5.70 Å². The zero-order chi connectivity index (χ0) is 7.28. The van der Waals surface area contributed by atoms with Crippen LogP contribution in [0.15, 0.2) is 11.3 Å². The Kier molecular flexibility index (Phi) is 3.65. The van der Waals surface area contributed by atoms with E-state index in [-0.39, 0.29) is 0 Å². The van der Waals surface area contributed by atoms with Crippen molar-refractivity contribution in [3.63, 3.8) is 0 Å². The highest BCUT2D eigenvalue weighted by atomic mass is 32.1. The van der Waals surface area contributed by atoms with Gasteiger partial charge in [-0.1, -0.05) is 12.2 Å². The fourth-order valence-electron chi connectivity index (χ4n) is 0.333. The Labute approximate surface area is 60.2 Å². The molecule has 0 bridgehead atoms. The van der Waals surface area contributed by atoms with Crippen LogP contribution < -0.4 is 5.32 Å². The van der Waals surface area contributed by atoms with E-state index in [9.17, 15) is 0 Å². The van der Waals surface area contributed by atoms with Crippen LogP contribution in [0.5, 0.6) is 0 Å². The van der Waals surface area contributed by atoms with Crippen molar-refractivity contribution in [3.8, 4) is 6.07 Å². The molecule has 9 heavy (non-hydrogen) atoms. The van der Waals surface area contributed by atoms with Crippen molar-refractivity contribution in [2.75, 3.05) is 7.05 Å². The lowest BCUT2D eigenvalue weighted by atomic mass is 10.3. The first-order valence-corrected chi connectivity index (χ1v) is 2.97. The molecule has 48 valence electrons. The SMILES string of the molecule is CN/C(C)=C(/C#N)C=S. The van der Waals surface area contributed by atoms with E-state index in [1.807, 2.05) is 6.07 Å². The van der Waals surface area contributed by atoms with E-state index in [0.29, 0.717) is 5.57 Å². The number of hydrogen-bond donors (Lipinski definition) is 1. The Morgan fingerprint density at radius 2 is 2.33 bits per heavy atom. The van der Waals surface area contributed by atoms with Crippen molar-refractivity contribution in [1.82, 2.24) is 5.32 Å². The molecule has 0 unspecified atom stereocenters. The van der Waals surface area contributed by atoms with Crippen molar-refractivity contribution >= 4 is 17.6 Å². The predicted molar refractivity (Wildman–Crippen MR) is 41.0 cm³/mol. The molecule has 2 nitrogen and oxygen atoms in total. The summed E-state index contributed by atoms with van der Waals surface area (Å²) in [6.07, 6.45) is 0. The molecule has 0 aliphatic rings. The number of thiocarbonyl (C=S) groups is 1. The molecule has 0 aromatic heterocycles. The number of nitriles is 1. The maximum absolute atomic E-state index is 8.38. The molecule has 0 spiro atoms. The Hall–Kier alpha value is -0.880. The number of hydrogen-bond acceptors (Lipinski definition) is 3. The number of allylic oxidation sites excluding steroid dienone is 2. The lowest BCUT2D eigenvalue weighted by molar-refractivity contribution is 0.985. The minimum Gasteiger partial charge on any atom is -0.391 e. The van der Waals surface area contributed by atoms with Crippen LogP contribution in [0.3, 0.4) is 0 Å². The maximum Gasteiger partial charge on any atom is 0.102 e. The molecule has 0 aromatic carbocycles. The minimum absolute atomic E-state index is 0.521. The van der Waals surface area contributed by atoms with Crippen molar-refractivity contribution in [1.29, 1.82) is 5.26 Å². The summed E-state index contributed by atoms with van der Waals surface area (Å²) in [5.41, 5.74) is 1.33. The molecular formula is C6H8N2S. The first-order chi connectivity index (χ1) is 4.26. The smallest absolute Gasteiger partial charge is 0.102 e. The molecule has 0 aliphatic heterocycles. The van der Waals surface area contributed by atoms with E-state index in [2.05, 4.69) is 17.5 Å². The van der Waals surface area contributed by atoms with Crippen LogP contribution in [0.2, 0.25) is 0 Å². The standard InChI is InChI=1S/C6H8N2S/c1-5(8-2)6(3-7)4-9/h4,8H,1-2H3/b6-5-. The van der Waals surface area contributed by atoms with Crippen LogP contribution in [-0.4, -0.2) is 12.4 Å². The van der Waals surface area contributed by atoms with Gasteiger partial charge in [-0.2, -0.15) is 5.26 Å². The normalized spacial score (nSPS) is 11.2. The van der Waals surface area contributed by atoms with Crippen LogP contribution in [0.1, 0.15) is 6.92 Å². The summed E-state index contributed by atoms with van der Waals surface area (Å²) in [6, 6.07) is 1.96. The molecule has 0 atom stereocenters. The van der Waals surface area contributed by atoms with Crippen molar-refractivity contribution in [2.24, 2.45) is 0 Å². The third-order valence-corrected chi connectivity index (χ3v) is 1.25. The van der Waals surface area contributed by atoms with Gasteiger partial charge in [-0.15, -0.1) is 0 Å². The monoisotopic (exact) mass is 140 g/mol. The number of nitrogens with one attached hydrogen (secondary N) is 1. The summed E-state index contributed by atoms with van der Waals surface area (Å²) in [7, 11) is 1.76. The molecule has 0 amide bonds. The Balaban J connectivity index is 4.43. The second-order valence-corrected chi connectivity index (χ2v) is 1.75. The van der Waals surface area contributed by atoms with Crippen LogP contribution in [0, 0.1) is 11.3 Å². The van der Waals surface area contributed by atoms with Gasteiger partial charge < -0.3 is 5.32 Å². The molecule has 0 heterocycles. The number of rotatable bonds is 2. The molecule has 0 rings (SSSR count). The highest BCUT2D eigenvalue weighted by molar-refractivity contribution is 7.79. The fraction of sp³-hybridized carbons (Fsp3) is 0.333. The van der Waals surface area contributed by atoms with Gasteiger partial charge in [0.25, 0.3) is 0 Å². The van der Waals surface area contributed by atoms with Crippen LogP contribution in [-0.2, 0) is 0 Å². The zero-order valence-corrected chi connectivity index (χ0v) is 6.25. The van der Waals surface area contributed by atoms with Gasteiger partial charge in [-0.25, -0.2) is 0 Å². The summed E-state index contributed by atoms with van der Waals surface area (Å²) in [5, 5.41) is 12.6. The minimum atomic E-state index is 0.521. The summed E-state index contributed by atoms with van der Waals surface area (Å²) < 4.78 is 0. The van der Waals surface area contributed by atoms with Gasteiger partial charge in [0.05, 0.1) is 5.57 Å². The van der Waals surface area contributed by atoms with Gasteiger partial charge in [0.15, 0.2) is 0 Å². The van der Waals surface area contributed by atoms with Crippen molar-refractivity contribution in [3.05, 3.63) is 11.3 Å². The predicted octanol–water partition coefficient (Wildman–Crippen LogP) is 1.00. The molecule has 0 saturated heterocycles. The van der Waals surface area contributed by atoms with E-state index < -0.39 is 0 Å². The lowest BCUT2D eigenvalue weighted by Gasteiger charge is -1.96. The van der Waals surface area contributed by atoms with Crippen molar-refractivity contribution < 1.29 is 0 Å². The molecule has 0 radical (unpaired) electrons. The molecular weight excluding hydrogens is 132 g/mol. The van der Waals surface area contributed by atoms with Gasteiger partial charge in [0, 0.05) is 18.1 Å². The average Bonchev–Trinajstić information content (AvgIpc) is 1.90. The van der Waals surface area contributed by atoms with Crippen molar-refractivity contribution in [2.45, 2.75) is 6.92 Å². The third kappa shape index (κ3) is 2.24. The van der Waals surface area contributed by atoms with E-state index in [1.54, 1.807) is 14.0 Å².